The van der Waals surface area contributed by atoms with Gasteiger partial charge in [-0.25, -0.2) is 22.2 Å². The first-order valence-electron chi connectivity index (χ1n) is 8.89. The molecule has 152 valence electrons. The van der Waals surface area contributed by atoms with Crippen LogP contribution < -0.4 is 4.90 Å². The highest BCUT2D eigenvalue weighted by Crippen LogP contribution is 2.30. The second-order valence-electron chi connectivity index (χ2n) is 6.69. The average Bonchev–Trinajstić information content (AvgIpc) is 3.11. The first-order chi connectivity index (χ1) is 13.8. The average molecular weight is 437 g/mol. The number of nitrogens with zero attached hydrogens (tertiary/aromatic N) is 3. The molecule has 2 aromatic carbocycles. The standard InChI is InChI=1S/C19H17F2N3O3S2/c20-13-1-4-15(5-2-13)29(26,27)12-18(25)23-7-9-24(10-8-23)19-22-16-6-3-14(21)11-17(16)28-19/h1-6,11H,7-10,12H2. The summed E-state index contributed by atoms with van der Waals surface area (Å²) in [6.45, 7) is 1.74. The number of thiazole rings is 1. The summed E-state index contributed by atoms with van der Waals surface area (Å²) in [6, 6.07) is 8.86. The van der Waals surface area contributed by atoms with Crippen molar-refractivity contribution >= 4 is 42.4 Å². The van der Waals surface area contributed by atoms with Gasteiger partial charge in [0.1, 0.15) is 17.4 Å². The van der Waals surface area contributed by atoms with Gasteiger partial charge in [0, 0.05) is 26.2 Å². The topological polar surface area (TPSA) is 70.6 Å². The number of piperazine rings is 1. The summed E-state index contributed by atoms with van der Waals surface area (Å²) < 4.78 is 51.9. The lowest BCUT2D eigenvalue weighted by molar-refractivity contribution is -0.128. The van der Waals surface area contributed by atoms with Gasteiger partial charge >= 0.3 is 0 Å². The van der Waals surface area contributed by atoms with Crippen molar-refractivity contribution in [3.63, 3.8) is 0 Å². The van der Waals surface area contributed by atoms with Crippen LogP contribution in [-0.2, 0) is 14.6 Å². The van der Waals surface area contributed by atoms with E-state index in [2.05, 4.69) is 4.98 Å². The Morgan fingerprint density at radius 1 is 1.00 bits per heavy atom. The fraction of sp³-hybridized carbons (Fsp3) is 0.263. The Morgan fingerprint density at radius 3 is 2.34 bits per heavy atom. The van der Waals surface area contributed by atoms with Crippen LogP contribution in [-0.4, -0.2) is 56.1 Å². The summed E-state index contributed by atoms with van der Waals surface area (Å²) in [4.78, 5) is 20.4. The van der Waals surface area contributed by atoms with Crippen LogP contribution in [0.4, 0.5) is 13.9 Å². The molecule has 0 aliphatic carbocycles. The van der Waals surface area contributed by atoms with Crippen molar-refractivity contribution in [2.24, 2.45) is 0 Å². The number of aromatic nitrogens is 1. The maximum absolute atomic E-state index is 13.4. The zero-order chi connectivity index (χ0) is 20.6. The minimum Gasteiger partial charge on any atom is -0.345 e. The predicted molar refractivity (Wildman–Crippen MR) is 107 cm³/mol. The molecule has 1 aliphatic heterocycles. The number of carbonyl (C=O) groups is 1. The maximum Gasteiger partial charge on any atom is 0.238 e. The molecule has 1 aromatic heterocycles. The first kappa shape index (κ1) is 19.7. The van der Waals surface area contributed by atoms with Crippen molar-refractivity contribution in [3.05, 3.63) is 54.1 Å². The Labute approximate surface area is 170 Å². The van der Waals surface area contributed by atoms with Crippen molar-refractivity contribution < 1.29 is 22.0 Å². The quantitative estimate of drug-likeness (QED) is 0.587. The van der Waals surface area contributed by atoms with Gasteiger partial charge in [-0.1, -0.05) is 11.3 Å². The number of amides is 1. The number of halogens is 2. The van der Waals surface area contributed by atoms with Crippen LogP contribution >= 0.6 is 11.3 Å². The molecule has 2 heterocycles. The minimum atomic E-state index is -3.83. The highest BCUT2D eigenvalue weighted by Gasteiger charge is 2.27. The van der Waals surface area contributed by atoms with Gasteiger partial charge in [-0.15, -0.1) is 0 Å². The van der Waals surface area contributed by atoms with E-state index in [1.54, 1.807) is 6.07 Å². The fourth-order valence-electron chi connectivity index (χ4n) is 3.15. The Kier molecular flexibility index (Phi) is 5.22. The molecule has 6 nitrogen and oxygen atoms in total. The fourth-order valence-corrected chi connectivity index (χ4v) is 5.42. The van der Waals surface area contributed by atoms with E-state index in [4.69, 9.17) is 0 Å². The number of sulfone groups is 1. The molecule has 0 N–H and O–H groups in total. The second-order valence-corrected chi connectivity index (χ2v) is 9.69. The number of benzene rings is 2. The molecule has 3 aromatic rings. The third kappa shape index (κ3) is 4.23. The Bertz CT molecular complexity index is 1160. The summed E-state index contributed by atoms with van der Waals surface area (Å²) in [5.41, 5.74) is 0.718. The van der Waals surface area contributed by atoms with Crippen LogP contribution in [0.5, 0.6) is 0 Å². The van der Waals surface area contributed by atoms with E-state index < -0.39 is 27.3 Å². The molecule has 1 amide bonds. The molecule has 4 rings (SSSR count). The number of carbonyl (C=O) groups excluding carboxylic acids is 1. The normalized spacial score (nSPS) is 15.1. The van der Waals surface area contributed by atoms with Crippen molar-refractivity contribution in [1.29, 1.82) is 0 Å². The Morgan fingerprint density at radius 2 is 1.66 bits per heavy atom. The maximum atomic E-state index is 13.4. The van der Waals surface area contributed by atoms with Crippen molar-refractivity contribution in [1.82, 2.24) is 9.88 Å². The van der Waals surface area contributed by atoms with E-state index in [1.807, 2.05) is 4.90 Å². The molecule has 0 spiro atoms. The summed E-state index contributed by atoms with van der Waals surface area (Å²) in [5.74, 6) is -1.99. The number of anilines is 1. The Hall–Kier alpha value is -2.59. The van der Waals surface area contributed by atoms with Gasteiger partial charge in [-0.3, -0.25) is 4.79 Å². The van der Waals surface area contributed by atoms with E-state index in [1.165, 1.54) is 28.4 Å². The van der Waals surface area contributed by atoms with E-state index in [-0.39, 0.29) is 10.7 Å². The van der Waals surface area contributed by atoms with Crippen molar-refractivity contribution in [2.45, 2.75) is 4.90 Å². The third-order valence-corrected chi connectivity index (χ3v) is 7.42. The molecular formula is C19H17F2N3O3S2. The van der Waals surface area contributed by atoms with E-state index >= 15 is 0 Å². The minimum absolute atomic E-state index is 0.0763. The monoisotopic (exact) mass is 437 g/mol. The molecule has 0 unspecified atom stereocenters. The summed E-state index contributed by atoms with van der Waals surface area (Å²) >= 11 is 1.38. The smallest absolute Gasteiger partial charge is 0.238 e. The highest BCUT2D eigenvalue weighted by molar-refractivity contribution is 7.92. The summed E-state index contributed by atoms with van der Waals surface area (Å²) in [5, 5.41) is 0.747. The van der Waals surface area contributed by atoms with E-state index in [0.29, 0.717) is 26.2 Å². The van der Waals surface area contributed by atoms with Crippen molar-refractivity contribution in [2.75, 3.05) is 36.8 Å². The zero-order valence-electron chi connectivity index (χ0n) is 15.2. The van der Waals surface area contributed by atoms with Gasteiger partial charge in [-0.2, -0.15) is 0 Å². The van der Waals surface area contributed by atoms with Gasteiger partial charge in [-0.05, 0) is 42.5 Å². The number of hydrogen-bond acceptors (Lipinski definition) is 6. The Balaban J connectivity index is 1.39. The molecule has 1 fully saturated rings. The number of rotatable bonds is 4. The summed E-state index contributed by atoms with van der Waals surface area (Å²) in [7, 11) is -3.83. The van der Waals surface area contributed by atoms with Crippen LogP contribution in [0.1, 0.15) is 0 Å². The van der Waals surface area contributed by atoms with Gasteiger partial charge in [0.15, 0.2) is 15.0 Å². The van der Waals surface area contributed by atoms with Crippen LogP contribution in [0.15, 0.2) is 47.4 Å². The molecule has 0 atom stereocenters. The molecule has 29 heavy (non-hydrogen) atoms. The van der Waals surface area contributed by atoms with Crippen LogP contribution in [0.3, 0.4) is 0 Å². The lowest BCUT2D eigenvalue weighted by atomic mass is 10.3. The van der Waals surface area contributed by atoms with Gasteiger partial charge in [0.05, 0.1) is 15.1 Å². The zero-order valence-corrected chi connectivity index (χ0v) is 16.8. The molecule has 10 heteroatoms. The lowest BCUT2D eigenvalue weighted by Crippen LogP contribution is -2.50. The molecule has 1 saturated heterocycles. The van der Waals surface area contributed by atoms with Gasteiger partial charge < -0.3 is 9.80 Å². The highest BCUT2D eigenvalue weighted by atomic mass is 32.2. The van der Waals surface area contributed by atoms with E-state index in [0.717, 1.165) is 39.6 Å². The third-order valence-electron chi connectivity index (χ3n) is 4.73. The largest absolute Gasteiger partial charge is 0.345 e. The molecule has 1 aliphatic rings. The molecule has 0 saturated carbocycles. The SMILES string of the molecule is O=C(CS(=O)(=O)c1ccc(F)cc1)N1CCN(c2nc3ccc(F)cc3s2)CC1. The second kappa shape index (κ2) is 7.68. The molecule has 0 radical (unpaired) electrons. The predicted octanol–water partition coefficient (Wildman–Crippen LogP) is 2.70. The lowest BCUT2D eigenvalue weighted by Gasteiger charge is -2.34. The molecule has 0 bridgehead atoms. The van der Waals surface area contributed by atoms with E-state index in [9.17, 15) is 22.0 Å². The van der Waals surface area contributed by atoms with Crippen LogP contribution in [0, 0.1) is 11.6 Å². The molecular weight excluding hydrogens is 420 g/mol. The van der Waals surface area contributed by atoms with Gasteiger partial charge in [0.25, 0.3) is 0 Å². The van der Waals surface area contributed by atoms with Crippen LogP contribution in [0.25, 0.3) is 10.2 Å². The van der Waals surface area contributed by atoms with Crippen LogP contribution in [0.2, 0.25) is 0 Å². The number of fused-ring (bicyclic) bond motifs is 1. The summed E-state index contributed by atoms with van der Waals surface area (Å²) in [6.07, 6.45) is 0. The van der Waals surface area contributed by atoms with Crippen molar-refractivity contribution in [3.8, 4) is 0 Å². The van der Waals surface area contributed by atoms with Gasteiger partial charge in [0.2, 0.25) is 5.91 Å². The first-order valence-corrected chi connectivity index (χ1v) is 11.4. The number of hydrogen-bond donors (Lipinski definition) is 0.